The Morgan fingerprint density at radius 3 is 1.54 bits per heavy atom. The Bertz CT molecular complexity index is 533. The largest absolute Gasteiger partial charge is 0.497 e. The molecule has 0 fully saturated rings. The third kappa shape index (κ3) is 9.33. The van der Waals surface area contributed by atoms with Crippen LogP contribution in [0.1, 0.15) is 38.8 Å². The molecule has 0 unspecified atom stereocenters. The lowest BCUT2D eigenvalue weighted by molar-refractivity contribution is 0.0655. The Balaban J connectivity index is 0.000000243. The smallest absolute Gasteiger partial charge is 0.118 e. The van der Waals surface area contributed by atoms with Gasteiger partial charge in [-0.1, -0.05) is 42.5 Å². The van der Waals surface area contributed by atoms with Crippen LogP contribution in [0.3, 0.4) is 0 Å². The highest BCUT2D eigenvalue weighted by atomic mass is 16.5. The Labute approximate surface area is 146 Å². The average molecular weight is 330 g/mol. The summed E-state index contributed by atoms with van der Waals surface area (Å²) in [5.41, 5.74) is 2.41. The van der Waals surface area contributed by atoms with Crippen molar-refractivity contribution >= 4 is 0 Å². The predicted molar refractivity (Wildman–Crippen MR) is 99.3 cm³/mol. The standard InChI is InChI=1S/C11H16O2.C10H14O/c1-9(2)13-8-10-4-6-11(12-3)7-5-10;1-9(2)11-8-10-6-4-3-5-7-10/h4-7,9H,8H2,1-3H3;3-7,9H,8H2,1-2H3. The van der Waals surface area contributed by atoms with Gasteiger partial charge in [0.2, 0.25) is 0 Å². The second kappa shape index (κ2) is 11.7. The van der Waals surface area contributed by atoms with Crippen LogP contribution >= 0.6 is 0 Å². The zero-order valence-electron chi connectivity index (χ0n) is 15.5. The van der Waals surface area contributed by atoms with E-state index in [9.17, 15) is 0 Å². The topological polar surface area (TPSA) is 27.7 Å². The molecule has 0 aliphatic carbocycles. The maximum absolute atomic E-state index is 5.46. The Hall–Kier alpha value is -1.84. The molecule has 2 aromatic rings. The van der Waals surface area contributed by atoms with E-state index in [1.54, 1.807) is 7.11 Å². The Kier molecular flexibility index (Phi) is 9.81. The summed E-state index contributed by atoms with van der Waals surface area (Å²) in [5.74, 6) is 0.883. The number of benzene rings is 2. The van der Waals surface area contributed by atoms with Crippen LogP contribution < -0.4 is 4.74 Å². The van der Waals surface area contributed by atoms with Crippen molar-refractivity contribution in [2.75, 3.05) is 7.11 Å². The molecule has 0 radical (unpaired) electrons. The molecule has 3 heteroatoms. The van der Waals surface area contributed by atoms with Gasteiger partial charge in [0.1, 0.15) is 5.75 Å². The number of hydrogen-bond acceptors (Lipinski definition) is 3. The molecule has 24 heavy (non-hydrogen) atoms. The van der Waals surface area contributed by atoms with Crippen molar-refractivity contribution in [1.82, 2.24) is 0 Å². The first kappa shape index (κ1) is 20.2. The summed E-state index contributed by atoms with van der Waals surface area (Å²) in [6.07, 6.45) is 0.595. The molecule has 2 rings (SSSR count). The molecule has 0 saturated carbocycles. The highest BCUT2D eigenvalue weighted by molar-refractivity contribution is 5.26. The molecule has 0 aliphatic rings. The van der Waals surface area contributed by atoms with Gasteiger partial charge in [0.05, 0.1) is 32.5 Å². The van der Waals surface area contributed by atoms with Gasteiger partial charge >= 0.3 is 0 Å². The number of methoxy groups -OCH3 is 1. The molecular weight excluding hydrogens is 300 g/mol. The third-order valence-electron chi connectivity index (χ3n) is 3.17. The lowest BCUT2D eigenvalue weighted by Crippen LogP contribution is -2.01. The molecule has 2 aromatic carbocycles. The Morgan fingerprint density at radius 2 is 1.12 bits per heavy atom. The third-order valence-corrected chi connectivity index (χ3v) is 3.17. The van der Waals surface area contributed by atoms with E-state index in [1.165, 1.54) is 11.1 Å². The second-order valence-electron chi connectivity index (χ2n) is 6.05. The van der Waals surface area contributed by atoms with Gasteiger partial charge in [-0.2, -0.15) is 0 Å². The normalized spacial score (nSPS) is 10.5. The molecule has 0 bridgehead atoms. The van der Waals surface area contributed by atoms with Crippen LogP contribution in [-0.2, 0) is 22.7 Å². The van der Waals surface area contributed by atoms with Crippen LogP contribution in [0.15, 0.2) is 54.6 Å². The molecule has 0 aliphatic heterocycles. The van der Waals surface area contributed by atoms with Crippen LogP contribution in [0.4, 0.5) is 0 Å². The summed E-state index contributed by atoms with van der Waals surface area (Å²) >= 11 is 0. The van der Waals surface area contributed by atoms with E-state index in [0.29, 0.717) is 12.7 Å². The van der Waals surface area contributed by atoms with Gasteiger partial charge in [0.15, 0.2) is 0 Å². The van der Waals surface area contributed by atoms with Gasteiger partial charge in [-0.05, 0) is 51.0 Å². The van der Waals surface area contributed by atoms with Crippen LogP contribution in [0.2, 0.25) is 0 Å². The van der Waals surface area contributed by atoms with E-state index < -0.39 is 0 Å². The summed E-state index contributed by atoms with van der Waals surface area (Å²) < 4.78 is 15.9. The quantitative estimate of drug-likeness (QED) is 0.695. The highest BCUT2D eigenvalue weighted by Gasteiger charge is 1.96. The number of rotatable bonds is 7. The molecule has 132 valence electrons. The van der Waals surface area contributed by atoms with Crippen LogP contribution in [0.25, 0.3) is 0 Å². The fourth-order valence-electron chi connectivity index (χ4n) is 1.82. The zero-order valence-corrected chi connectivity index (χ0v) is 15.5. The van der Waals surface area contributed by atoms with Crippen molar-refractivity contribution in [3.05, 3.63) is 65.7 Å². The summed E-state index contributed by atoms with van der Waals surface area (Å²) in [7, 11) is 1.67. The molecule has 0 spiro atoms. The molecule has 0 atom stereocenters. The summed E-state index contributed by atoms with van der Waals surface area (Å²) in [4.78, 5) is 0. The van der Waals surface area contributed by atoms with E-state index >= 15 is 0 Å². The second-order valence-corrected chi connectivity index (χ2v) is 6.05. The predicted octanol–water partition coefficient (Wildman–Crippen LogP) is 5.23. The van der Waals surface area contributed by atoms with Crippen LogP contribution in [0, 0.1) is 0 Å². The van der Waals surface area contributed by atoms with E-state index in [1.807, 2.05) is 70.2 Å². The minimum absolute atomic E-state index is 0.280. The molecular formula is C21H30O3. The fourth-order valence-corrected chi connectivity index (χ4v) is 1.82. The first-order valence-corrected chi connectivity index (χ1v) is 8.41. The SMILES string of the molecule is CC(C)OCc1ccccc1.COc1ccc(COC(C)C)cc1. The fraction of sp³-hybridized carbons (Fsp3) is 0.429. The summed E-state index contributed by atoms with van der Waals surface area (Å²) in [5, 5.41) is 0. The van der Waals surface area contributed by atoms with Gasteiger partial charge in [-0.25, -0.2) is 0 Å². The average Bonchev–Trinajstić information content (AvgIpc) is 2.60. The van der Waals surface area contributed by atoms with E-state index in [2.05, 4.69) is 12.1 Å². The van der Waals surface area contributed by atoms with E-state index in [0.717, 1.165) is 12.4 Å². The van der Waals surface area contributed by atoms with Crippen molar-refractivity contribution < 1.29 is 14.2 Å². The molecule has 0 aromatic heterocycles. The maximum atomic E-state index is 5.46. The minimum atomic E-state index is 0.280. The Morgan fingerprint density at radius 1 is 0.667 bits per heavy atom. The summed E-state index contributed by atoms with van der Waals surface area (Å²) in [6.45, 7) is 9.54. The van der Waals surface area contributed by atoms with E-state index in [4.69, 9.17) is 14.2 Å². The first-order chi connectivity index (χ1) is 11.5. The molecule has 0 amide bonds. The van der Waals surface area contributed by atoms with E-state index in [-0.39, 0.29) is 6.10 Å². The lowest BCUT2D eigenvalue weighted by Gasteiger charge is -2.07. The van der Waals surface area contributed by atoms with Gasteiger partial charge in [-0.15, -0.1) is 0 Å². The summed E-state index contributed by atoms with van der Waals surface area (Å²) in [6, 6.07) is 18.1. The monoisotopic (exact) mass is 330 g/mol. The molecule has 3 nitrogen and oxygen atoms in total. The van der Waals surface area contributed by atoms with Gasteiger partial charge < -0.3 is 14.2 Å². The minimum Gasteiger partial charge on any atom is -0.497 e. The van der Waals surface area contributed by atoms with Gasteiger partial charge in [0.25, 0.3) is 0 Å². The van der Waals surface area contributed by atoms with Crippen LogP contribution in [-0.4, -0.2) is 19.3 Å². The van der Waals surface area contributed by atoms with Crippen molar-refractivity contribution in [2.24, 2.45) is 0 Å². The molecule has 0 heterocycles. The van der Waals surface area contributed by atoms with Crippen LogP contribution in [0.5, 0.6) is 5.75 Å². The van der Waals surface area contributed by atoms with Gasteiger partial charge in [-0.3, -0.25) is 0 Å². The lowest BCUT2D eigenvalue weighted by atomic mass is 10.2. The van der Waals surface area contributed by atoms with Gasteiger partial charge in [0, 0.05) is 0 Å². The zero-order chi connectivity index (χ0) is 17.8. The van der Waals surface area contributed by atoms with Crippen molar-refractivity contribution in [2.45, 2.75) is 53.1 Å². The number of ether oxygens (including phenoxy) is 3. The van der Waals surface area contributed by atoms with Crippen molar-refractivity contribution in [3.8, 4) is 5.75 Å². The highest BCUT2D eigenvalue weighted by Crippen LogP contribution is 2.12. The molecule has 0 N–H and O–H groups in total. The molecule has 0 saturated heterocycles. The number of hydrogen-bond donors (Lipinski definition) is 0. The van der Waals surface area contributed by atoms with Crippen molar-refractivity contribution in [1.29, 1.82) is 0 Å². The maximum Gasteiger partial charge on any atom is 0.118 e. The van der Waals surface area contributed by atoms with Crippen molar-refractivity contribution in [3.63, 3.8) is 0 Å². The first-order valence-electron chi connectivity index (χ1n) is 8.41.